The first-order chi connectivity index (χ1) is 11.7. The van der Waals surface area contributed by atoms with E-state index in [0.717, 1.165) is 25.1 Å². The first kappa shape index (κ1) is 21.6. The molecule has 0 radical (unpaired) electrons. The Morgan fingerprint density at radius 1 is 1.16 bits per heavy atom. The van der Waals surface area contributed by atoms with E-state index >= 15 is 0 Å². The number of rotatable bonds is 9. The van der Waals surface area contributed by atoms with Gasteiger partial charge in [-0.15, -0.1) is 12.4 Å². The van der Waals surface area contributed by atoms with Crippen molar-refractivity contribution in [3.05, 3.63) is 58.4 Å². The molecule has 0 aromatic heterocycles. The zero-order valence-corrected chi connectivity index (χ0v) is 16.1. The molecular weight excluding hydrogens is 364 g/mol. The summed E-state index contributed by atoms with van der Waals surface area (Å²) in [5.41, 5.74) is 1.45. The van der Waals surface area contributed by atoms with Crippen LogP contribution >= 0.6 is 24.0 Å². The standard InChI is InChI=1S/C19H23ClFNO2.ClH/c1-3-4-10-22-12-14-8-9-18(19(11-14)23-2)24-13-15-16(20)6-5-7-17(15)21;/h5-9,11,22H,3-4,10,12-13H2,1-2H3;1H. The number of benzene rings is 2. The van der Waals surface area contributed by atoms with Gasteiger partial charge in [0.15, 0.2) is 11.5 Å². The van der Waals surface area contributed by atoms with Crippen molar-refractivity contribution in [3.8, 4) is 11.5 Å². The summed E-state index contributed by atoms with van der Waals surface area (Å²) < 4.78 is 24.9. The third-order valence-corrected chi connectivity index (χ3v) is 4.05. The van der Waals surface area contributed by atoms with Crippen LogP contribution in [0.5, 0.6) is 11.5 Å². The van der Waals surface area contributed by atoms with E-state index < -0.39 is 0 Å². The van der Waals surface area contributed by atoms with E-state index in [1.54, 1.807) is 19.2 Å². The van der Waals surface area contributed by atoms with Crippen molar-refractivity contribution in [2.24, 2.45) is 0 Å². The average molecular weight is 388 g/mol. The number of unbranched alkanes of at least 4 members (excludes halogenated alkanes) is 1. The minimum atomic E-state index is -0.377. The van der Waals surface area contributed by atoms with Crippen LogP contribution in [0.25, 0.3) is 0 Å². The second-order valence-electron chi connectivity index (χ2n) is 5.50. The van der Waals surface area contributed by atoms with Crippen LogP contribution in [0.3, 0.4) is 0 Å². The van der Waals surface area contributed by atoms with E-state index in [9.17, 15) is 4.39 Å². The molecule has 0 atom stereocenters. The van der Waals surface area contributed by atoms with Gasteiger partial charge in [-0.05, 0) is 42.8 Å². The lowest BCUT2D eigenvalue weighted by atomic mass is 10.2. The Labute approximate surface area is 159 Å². The highest BCUT2D eigenvalue weighted by molar-refractivity contribution is 6.31. The van der Waals surface area contributed by atoms with Gasteiger partial charge in [0, 0.05) is 12.1 Å². The van der Waals surface area contributed by atoms with Crippen LogP contribution in [0.1, 0.15) is 30.9 Å². The number of ether oxygens (including phenoxy) is 2. The maximum absolute atomic E-state index is 13.8. The Bertz CT molecular complexity index is 648. The molecule has 0 spiro atoms. The van der Waals surface area contributed by atoms with Gasteiger partial charge in [0.25, 0.3) is 0 Å². The summed E-state index contributed by atoms with van der Waals surface area (Å²) in [6, 6.07) is 10.3. The van der Waals surface area contributed by atoms with Crippen LogP contribution in [0.4, 0.5) is 4.39 Å². The fourth-order valence-corrected chi connectivity index (χ4v) is 2.51. The van der Waals surface area contributed by atoms with Gasteiger partial charge in [0.1, 0.15) is 12.4 Å². The number of methoxy groups -OCH3 is 1. The van der Waals surface area contributed by atoms with Gasteiger partial charge < -0.3 is 14.8 Å². The van der Waals surface area contributed by atoms with Crippen LogP contribution in [0.2, 0.25) is 5.02 Å². The molecule has 3 nitrogen and oxygen atoms in total. The smallest absolute Gasteiger partial charge is 0.161 e. The van der Waals surface area contributed by atoms with Crippen LogP contribution < -0.4 is 14.8 Å². The van der Waals surface area contributed by atoms with Gasteiger partial charge >= 0.3 is 0 Å². The van der Waals surface area contributed by atoms with Crippen molar-refractivity contribution in [2.75, 3.05) is 13.7 Å². The molecule has 0 amide bonds. The molecular formula is C19H24Cl2FNO2. The second-order valence-corrected chi connectivity index (χ2v) is 5.91. The van der Waals surface area contributed by atoms with Crippen molar-refractivity contribution in [2.45, 2.75) is 32.9 Å². The summed E-state index contributed by atoms with van der Waals surface area (Å²) in [5.74, 6) is 0.810. The summed E-state index contributed by atoms with van der Waals surface area (Å²) in [7, 11) is 1.59. The predicted molar refractivity (Wildman–Crippen MR) is 103 cm³/mol. The van der Waals surface area contributed by atoms with E-state index in [1.807, 2.05) is 18.2 Å². The van der Waals surface area contributed by atoms with Crippen molar-refractivity contribution in [1.82, 2.24) is 5.32 Å². The SMILES string of the molecule is CCCCNCc1ccc(OCc2c(F)cccc2Cl)c(OC)c1.Cl. The molecule has 2 aromatic rings. The Balaban J connectivity index is 0.00000312. The average Bonchev–Trinajstić information content (AvgIpc) is 2.59. The fraction of sp³-hybridized carbons (Fsp3) is 0.368. The first-order valence-electron chi connectivity index (χ1n) is 8.09. The third kappa shape index (κ3) is 6.38. The molecule has 0 saturated heterocycles. The maximum Gasteiger partial charge on any atom is 0.161 e. The van der Waals surface area contributed by atoms with Crippen molar-refractivity contribution >= 4 is 24.0 Å². The van der Waals surface area contributed by atoms with E-state index in [-0.39, 0.29) is 24.8 Å². The second kappa shape index (κ2) is 11.2. The van der Waals surface area contributed by atoms with Crippen LogP contribution in [-0.2, 0) is 13.2 Å². The molecule has 2 rings (SSSR count). The van der Waals surface area contributed by atoms with Gasteiger partial charge in [-0.25, -0.2) is 4.39 Å². The molecule has 1 N–H and O–H groups in total. The van der Waals surface area contributed by atoms with Crippen molar-refractivity contribution in [3.63, 3.8) is 0 Å². The summed E-state index contributed by atoms with van der Waals surface area (Å²) in [6.45, 7) is 3.98. The summed E-state index contributed by atoms with van der Waals surface area (Å²) in [4.78, 5) is 0. The Kier molecular flexibility index (Phi) is 9.65. The number of halogens is 3. The van der Waals surface area contributed by atoms with Gasteiger partial charge in [-0.2, -0.15) is 0 Å². The van der Waals surface area contributed by atoms with E-state index in [4.69, 9.17) is 21.1 Å². The van der Waals surface area contributed by atoms with Gasteiger partial charge in [0.05, 0.1) is 12.1 Å². The third-order valence-electron chi connectivity index (χ3n) is 3.70. The summed E-state index contributed by atoms with van der Waals surface area (Å²) in [5, 5.41) is 3.74. The number of hydrogen-bond acceptors (Lipinski definition) is 3. The van der Waals surface area contributed by atoms with Crippen LogP contribution in [0, 0.1) is 5.82 Å². The minimum absolute atomic E-state index is 0. The highest BCUT2D eigenvalue weighted by Gasteiger charge is 2.10. The van der Waals surface area contributed by atoms with E-state index in [1.165, 1.54) is 12.5 Å². The molecule has 138 valence electrons. The lowest BCUT2D eigenvalue weighted by Crippen LogP contribution is -2.14. The lowest BCUT2D eigenvalue weighted by Gasteiger charge is -2.13. The number of nitrogens with one attached hydrogen (secondary N) is 1. The largest absolute Gasteiger partial charge is 0.493 e. The van der Waals surface area contributed by atoms with Gasteiger partial charge in [-0.3, -0.25) is 0 Å². The topological polar surface area (TPSA) is 30.5 Å². The molecule has 0 aliphatic rings. The zero-order valence-electron chi connectivity index (χ0n) is 14.5. The lowest BCUT2D eigenvalue weighted by molar-refractivity contribution is 0.279. The molecule has 0 aliphatic heterocycles. The van der Waals surface area contributed by atoms with Crippen LogP contribution in [-0.4, -0.2) is 13.7 Å². The molecule has 6 heteroatoms. The van der Waals surface area contributed by atoms with E-state index in [2.05, 4.69) is 12.2 Å². The Morgan fingerprint density at radius 2 is 1.96 bits per heavy atom. The monoisotopic (exact) mass is 387 g/mol. The maximum atomic E-state index is 13.8. The Hall–Kier alpha value is -1.49. The van der Waals surface area contributed by atoms with Crippen molar-refractivity contribution in [1.29, 1.82) is 0 Å². The van der Waals surface area contributed by atoms with Crippen LogP contribution in [0.15, 0.2) is 36.4 Å². The number of hydrogen-bond donors (Lipinski definition) is 1. The first-order valence-corrected chi connectivity index (χ1v) is 8.46. The quantitative estimate of drug-likeness (QED) is 0.585. The van der Waals surface area contributed by atoms with Gasteiger partial charge in [-0.1, -0.05) is 37.1 Å². The fourth-order valence-electron chi connectivity index (χ4n) is 2.30. The highest BCUT2D eigenvalue weighted by Crippen LogP contribution is 2.30. The minimum Gasteiger partial charge on any atom is -0.493 e. The molecule has 0 fully saturated rings. The molecule has 0 bridgehead atoms. The molecule has 25 heavy (non-hydrogen) atoms. The molecule has 0 heterocycles. The zero-order chi connectivity index (χ0) is 17.4. The summed E-state index contributed by atoms with van der Waals surface area (Å²) >= 11 is 6.02. The normalized spacial score (nSPS) is 10.2. The molecule has 0 aliphatic carbocycles. The molecule has 2 aromatic carbocycles. The summed E-state index contributed by atoms with van der Waals surface area (Å²) in [6.07, 6.45) is 2.32. The predicted octanol–water partition coefficient (Wildman–Crippen LogP) is 5.38. The van der Waals surface area contributed by atoms with Gasteiger partial charge in [0.2, 0.25) is 0 Å². The molecule has 0 saturated carbocycles. The Morgan fingerprint density at radius 3 is 2.64 bits per heavy atom. The molecule has 0 unspecified atom stereocenters. The highest BCUT2D eigenvalue weighted by atomic mass is 35.5. The van der Waals surface area contributed by atoms with Crippen molar-refractivity contribution < 1.29 is 13.9 Å². The van der Waals surface area contributed by atoms with E-state index in [0.29, 0.717) is 22.1 Å².